The van der Waals surface area contributed by atoms with Gasteiger partial charge in [0.05, 0.1) is 0 Å². The second-order valence-corrected chi connectivity index (χ2v) is 5.19. The molecule has 17 heavy (non-hydrogen) atoms. The lowest BCUT2D eigenvalue weighted by molar-refractivity contribution is 0.108. The molecule has 0 amide bonds. The first-order valence-corrected chi connectivity index (χ1v) is 6.79. The van der Waals surface area contributed by atoms with E-state index in [0.717, 1.165) is 25.4 Å². The summed E-state index contributed by atoms with van der Waals surface area (Å²) < 4.78 is 0. The minimum absolute atomic E-state index is 0.590. The van der Waals surface area contributed by atoms with Crippen molar-refractivity contribution in [1.82, 2.24) is 4.90 Å². The first kappa shape index (κ1) is 12.6. The average Bonchev–Trinajstić information content (AvgIpc) is 2.37. The van der Waals surface area contributed by atoms with E-state index in [4.69, 9.17) is 5.73 Å². The minimum atomic E-state index is 0.590. The van der Waals surface area contributed by atoms with Gasteiger partial charge in [0.1, 0.15) is 0 Å². The molecule has 1 aromatic rings. The van der Waals surface area contributed by atoms with Gasteiger partial charge in [-0.05, 0) is 37.3 Å². The second-order valence-electron chi connectivity index (χ2n) is 5.19. The van der Waals surface area contributed by atoms with Crippen LogP contribution in [-0.4, -0.2) is 30.6 Å². The van der Waals surface area contributed by atoms with Crippen LogP contribution in [0.1, 0.15) is 25.3 Å². The predicted octanol–water partition coefficient (Wildman–Crippen LogP) is 2.29. The van der Waals surface area contributed by atoms with Crippen LogP contribution in [-0.2, 0) is 6.42 Å². The van der Waals surface area contributed by atoms with E-state index in [9.17, 15) is 0 Å². The summed E-state index contributed by atoms with van der Waals surface area (Å²) in [5.74, 6) is 0.754. The van der Waals surface area contributed by atoms with Gasteiger partial charge in [-0.1, -0.05) is 37.3 Å². The third-order valence-electron chi connectivity index (χ3n) is 4.00. The van der Waals surface area contributed by atoms with E-state index in [1.165, 1.54) is 24.9 Å². The molecule has 0 spiro atoms. The molecule has 0 radical (unpaired) electrons. The highest BCUT2D eigenvalue weighted by atomic mass is 15.2. The van der Waals surface area contributed by atoms with Crippen LogP contribution in [0.15, 0.2) is 30.3 Å². The van der Waals surface area contributed by atoms with Gasteiger partial charge in [-0.2, -0.15) is 0 Å². The van der Waals surface area contributed by atoms with E-state index in [-0.39, 0.29) is 0 Å². The summed E-state index contributed by atoms with van der Waals surface area (Å²) in [6.07, 6.45) is 3.81. The lowest BCUT2D eigenvalue weighted by atomic mass is 9.90. The standard InChI is InChI=1S/C15H24N2/c1-13-6-5-10-17(15(13)12-16)11-9-14-7-3-2-4-8-14/h2-4,7-8,13,15H,5-6,9-12,16H2,1H3. The van der Waals surface area contributed by atoms with Crippen molar-refractivity contribution in [1.29, 1.82) is 0 Å². The van der Waals surface area contributed by atoms with Crippen LogP contribution in [0.2, 0.25) is 0 Å². The predicted molar refractivity (Wildman–Crippen MR) is 73.0 cm³/mol. The molecule has 0 aliphatic carbocycles. The van der Waals surface area contributed by atoms with E-state index >= 15 is 0 Å². The lowest BCUT2D eigenvalue weighted by Gasteiger charge is -2.39. The zero-order valence-corrected chi connectivity index (χ0v) is 10.8. The fourth-order valence-corrected chi connectivity index (χ4v) is 2.91. The van der Waals surface area contributed by atoms with Crippen LogP contribution in [0.4, 0.5) is 0 Å². The summed E-state index contributed by atoms with van der Waals surface area (Å²) in [5.41, 5.74) is 7.34. The van der Waals surface area contributed by atoms with Gasteiger partial charge in [-0.25, -0.2) is 0 Å². The molecule has 1 fully saturated rings. The van der Waals surface area contributed by atoms with E-state index in [1.807, 2.05) is 0 Å². The van der Waals surface area contributed by atoms with Gasteiger partial charge in [0, 0.05) is 19.1 Å². The number of benzene rings is 1. The second kappa shape index (κ2) is 6.18. The Morgan fingerprint density at radius 1 is 1.29 bits per heavy atom. The van der Waals surface area contributed by atoms with Crippen molar-refractivity contribution in [3.8, 4) is 0 Å². The normalized spacial score (nSPS) is 26.0. The zero-order valence-electron chi connectivity index (χ0n) is 10.8. The van der Waals surface area contributed by atoms with Crippen molar-refractivity contribution >= 4 is 0 Å². The maximum absolute atomic E-state index is 5.91. The number of nitrogens with zero attached hydrogens (tertiary/aromatic N) is 1. The van der Waals surface area contributed by atoms with E-state index in [1.54, 1.807) is 0 Å². The van der Waals surface area contributed by atoms with Crippen molar-refractivity contribution in [2.24, 2.45) is 11.7 Å². The Morgan fingerprint density at radius 3 is 2.76 bits per heavy atom. The molecule has 1 heterocycles. The molecule has 2 heteroatoms. The molecule has 1 aliphatic heterocycles. The molecular formula is C15H24N2. The fraction of sp³-hybridized carbons (Fsp3) is 0.600. The summed E-state index contributed by atoms with van der Waals surface area (Å²) in [5, 5.41) is 0. The first-order chi connectivity index (χ1) is 8.31. The molecular weight excluding hydrogens is 208 g/mol. The maximum Gasteiger partial charge on any atom is 0.0244 e. The summed E-state index contributed by atoms with van der Waals surface area (Å²) in [6.45, 7) is 5.51. The summed E-state index contributed by atoms with van der Waals surface area (Å²) in [7, 11) is 0. The summed E-state index contributed by atoms with van der Waals surface area (Å²) in [4.78, 5) is 2.58. The SMILES string of the molecule is CC1CCCN(CCc2ccccc2)C1CN. The van der Waals surface area contributed by atoms with Crippen LogP contribution < -0.4 is 5.73 Å². The lowest BCUT2D eigenvalue weighted by Crippen LogP contribution is -2.49. The van der Waals surface area contributed by atoms with Gasteiger partial charge < -0.3 is 5.73 Å². The Morgan fingerprint density at radius 2 is 2.06 bits per heavy atom. The van der Waals surface area contributed by atoms with Gasteiger partial charge in [0.25, 0.3) is 0 Å². The highest BCUT2D eigenvalue weighted by molar-refractivity contribution is 5.14. The van der Waals surface area contributed by atoms with E-state index in [2.05, 4.69) is 42.2 Å². The Hall–Kier alpha value is -0.860. The van der Waals surface area contributed by atoms with Gasteiger partial charge in [-0.15, -0.1) is 0 Å². The topological polar surface area (TPSA) is 29.3 Å². The molecule has 1 aliphatic rings. The molecule has 1 saturated heterocycles. The largest absolute Gasteiger partial charge is 0.329 e. The van der Waals surface area contributed by atoms with Crippen LogP contribution in [0.5, 0.6) is 0 Å². The molecule has 2 rings (SSSR count). The van der Waals surface area contributed by atoms with Crippen molar-refractivity contribution in [2.45, 2.75) is 32.2 Å². The number of hydrogen-bond donors (Lipinski definition) is 1. The van der Waals surface area contributed by atoms with Crippen LogP contribution in [0, 0.1) is 5.92 Å². The smallest absolute Gasteiger partial charge is 0.0244 e. The van der Waals surface area contributed by atoms with Gasteiger partial charge in [0.15, 0.2) is 0 Å². The third kappa shape index (κ3) is 3.30. The van der Waals surface area contributed by atoms with E-state index < -0.39 is 0 Å². The van der Waals surface area contributed by atoms with Gasteiger partial charge >= 0.3 is 0 Å². The monoisotopic (exact) mass is 232 g/mol. The molecule has 0 aromatic heterocycles. The number of likely N-dealkylation sites (tertiary alicyclic amines) is 1. The fourth-order valence-electron chi connectivity index (χ4n) is 2.91. The zero-order chi connectivity index (χ0) is 12.1. The highest BCUT2D eigenvalue weighted by Gasteiger charge is 2.26. The molecule has 0 saturated carbocycles. The Bertz CT molecular complexity index is 323. The number of piperidine rings is 1. The van der Waals surface area contributed by atoms with Gasteiger partial charge in [-0.3, -0.25) is 4.90 Å². The Labute approximate surface area is 105 Å². The molecule has 2 N–H and O–H groups in total. The van der Waals surface area contributed by atoms with E-state index in [0.29, 0.717) is 6.04 Å². The Balaban J connectivity index is 1.89. The van der Waals surface area contributed by atoms with Crippen molar-refractivity contribution in [2.75, 3.05) is 19.6 Å². The molecule has 2 atom stereocenters. The van der Waals surface area contributed by atoms with Crippen LogP contribution in [0.25, 0.3) is 0 Å². The van der Waals surface area contributed by atoms with Crippen molar-refractivity contribution < 1.29 is 0 Å². The molecule has 94 valence electrons. The van der Waals surface area contributed by atoms with Gasteiger partial charge in [0.2, 0.25) is 0 Å². The number of rotatable bonds is 4. The summed E-state index contributed by atoms with van der Waals surface area (Å²) in [6, 6.07) is 11.3. The maximum atomic E-state index is 5.91. The van der Waals surface area contributed by atoms with Crippen molar-refractivity contribution in [3.05, 3.63) is 35.9 Å². The number of hydrogen-bond acceptors (Lipinski definition) is 2. The molecule has 2 nitrogen and oxygen atoms in total. The highest BCUT2D eigenvalue weighted by Crippen LogP contribution is 2.22. The molecule has 1 aromatic carbocycles. The van der Waals surface area contributed by atoms with Crippen LogP contribution >= 0.6 is 0 Å². The first-order valence-electron chi connectivity index (χ1n) is 6.79. The van der Waals surface area contributed by atoms with Crippen LogP contribution in [0.3, 0.4) is 0 Å². The average molecular weight is 232 g/mol. The minimum Gasteiger partial charge on any atom is -0.329 e. The third-order valence-corrected chi connectivity index (χ3v) is 4.00. The Kier molecular flexibility index (Phi) is 4.57. The number of nitrogens with two attached hydrogens (primary N) is 1. The van der Waals surface area contributed by atoms with Crippen molar-refractivity contribution in [3.63, 3.8) is 0 Å². The summed E-state index contributed by atoms with van der Waals surface area (Å²) >= 11 is 0. The quantitative estimate of drug-likeness (QED) is 0.863. The molecule has 2 unspecified atom stereocenters. The molecule has 0 bridgehead atoms.